The zero-order valence-corrected chi connectivity index (χ0v) is 51.9. The number of nitrogens with two attached hydrogens (primary N) is 1. The SMILES string of the molecule is CC(C)C[C@@H](OC(=O)[C@H](CCC=O)NC(=O)[C@@H](OC(=O)[C@@H](C)NC(=O)[C@@H](CC(C)C)OC(=O)[C@@H](NC(=O)[C@@H](OC(=O)[C@@H](C)NC(=O)[C@@H](CC(C)C)OC(=O)[C@@H](N)C(C)C)C(C)C)C(C)C)C(C)C)C(=O)N[C@H](C)C(=O)O[C@H](C(=O)O)C(C)C. The summed E-state index contributed by atoms with van der Waals surface area (Å²) in [5, 5.41) is 21.7. The molecule has 0 bridgehead atoms. The first-order valence-corrected chi connectivity index (χ1v) is 28.4. The first-order valence-electron chi connectivity index (χ1n) is 28.4. The van der Waals surface area contributed by atoms with Crippen LogP contribution in [0.25, 0.3) is 0 Å². The summed E-state index contributed by atoms with van der Waals surface area (Å²) in [6.45, 7) is 30.1. The molecule has 26 nitrogen and oxygen atoms in total. The van der Waals surface area contributed by atoms with Gasteiger partial charge >= 0.3 is 41.8 Å². The lowest BCUT2D eigenvalue weighted by Gasteiger charge is -2.29. The van der Waals surface area contributed by atoms with Crippen LogP contribution in [0.15, 0.2) is 0 Å². The molecule has 0 aliphatic rings. The highest BCUT2D eigenvalue weighted by Crippen LogP contribution is 2.19. The Kier molecular flexibility index (Phi) is 33.8. The number of aliphatic carboxylic acids is 1. The number of hydrogen-bond acceptors (Lipinski definition) is 20. The molecular weight excluding hydrogens is 1090 g/mol. The van der Waals surface area contributed by atoms with Crippen molar-refractivity contribution in [1.29, 1.82) is 0 Å². The Morgan fingerprint density at radius 1 is 0.386 bits per heavy atom. The molecule has 12 atom stereocenters. The van der Waals surface area contributed by atoms with Crippen molar-refractivity contribution in [2.45, 2.75) is 237 Å². The molecule has 0 unspecified atom stereocenters. The number of amides is 5. The molecule has 0 rings (SSSR count). The van der Waals surface area contributed by atoms with Crippen LogP contribution in [0.5, 0.6) is 0 Å². The van der Waals surface area contributed by atoms with Gasteiger partial charge in [-0.25, -0.2) is 28.8 Å². The van der Waals surface area contributed by atoms with Gasteiger partial charge in [-0.3, -0.25) is 28.8 Å². The summed E-state index contributed by atoms with van der Waals surface area (Å²) < 4.78 is 32.9. The van der Waals surface area contributed by atoms with E-state index < -0.39 is 168 Å². The van der Waals surface area contributed by atoms with Gasteiger partial charge in [0.2, 0.25) is 6.10 Å². The minimum atomic E-state index is -1.61. The molecule has 0 saturated carbocycles. The fourth-order valence-electron chi connectivity index (χ4n) is 7.54. The van der Waals surface area contributed by atoms with Gasteiger partial charge in [0, 0.05) is 12.3 Å². The van der Waals surface area contributed by atoms with Gasteiger partial charge in [-0.1, -0.05) is 111 Å². The maximum Gasteiger partial charge on any atom is 0.345 e. The van der Waals surface area contributed by atoms with Gasteiger partial charge in [0.25, 0.3) is 29.5 Å². The van der Waals surface area contributed by atoms with E-state index in [2.05, 4.69) is 26.6 Å². The van der Waals surface area contributed by atoms with E-state index in [9.17, 15) is 67.4 Å². The summed E-state index contributed by atoms with van der Waals surface area (Å²) in [6.07, 6.45) is -9.10. The second kappa shape index (κ2) is 36.8. The van der Waals surface area contributed by atoms with E-state index in [0.29, 0.717) is 6.29 Å². The van der Waals surface area contributed by atoms with Gasteiger partial charge in [0.15, 0.2) is 30.5 Å². The van der Waals surface area contributed by atoms with E-state index in [1.54, 1.807) is 83.1 Å². The minimum absolute atomic E-state index is 0.0677. The molecule has 0 radical (unpaired) electrons. The Bertz CT molecular complexity index is 2210. The molecule has 0 spiro atoms. The second-order valence-electron chi connectivity index (χ2n) is 23.8. The van der Waals surface area contributed by atoms with E-state index in [1.165, 1.54) is 48.5 Å². The predicted octanol–water partition coefficient (Wildman–Crippen LogP) is 2.75. The highest BCUT2D eigenvalue weighted by atomic mass is 16.6. The molecule has 0 aromatic carbocycles. The zero-order valence-electron chi connectivity index (χ0n) is 51.9. The van der Waals surface area contributed by atoms with Crippen LogP contribution in [-0.4, -0.2) is 156 Å². The number of hydrogen-bond donors (Lipinski definition) is 7. The lowest BCUT2D eigenvalue weighted by molar-refractivity contribution is -0.169. The van der Waals surface area contributed by atoms with Crippen molar-refractivity contribution in [1.82, 2.24) is 26.6 Å². The zero-order chi connectivity index (χ0) is 64.5. The summed E-state index contributed by atoms with van der Waals surface area (Å²) >= 11 is 0. The van der Waals surface area contributed by atoms with Crippen molar-refractivity contribution in [3.05, 3.63) is 0 Å². The maximum absolute atomic E-state index is 13.9. The Morgan fingerprint density at radius 2 is 0.711 bits per heavy atom. The normalized spacial score (nSPS) is 16.0. The number of aldehydes is 1. The monoisotopic (exact) mass is 1180 g/mol. The van der Waals surface area contributed by atoms with E-state index in [1.807, 2.05) is 0 Å². The average Bonchev–Trinajstić information content (AvgIpc) is 3.44. The van der Waals surface area contributed by atoms with Gasteiger partial charge in [0.05, 0.1) is 0 Å². The van der Waals surface area contributed by atoms with Crippen LogP contribution in [-0.2, 0) is 90.8 Å². The topological polar surface area (TPSA) is 384 Å². The molecule has 474 valence electrons. The predicted molar refractivity (Wildman–Crippen MR) is 299 cm³/mol. The molecule has 0 heterocycles. The molecule has 8 N–H and O–H groups in total. The fourth-order valence-corrected chi connectivity index (χ4v) is 7.54. The second-order valence-corrected chi connectivity index (χ2v) is 23.8. The van der Waals surface area contributed by atoms with Gasteiger partial charge in [-0.05, 0) is 87.9 Å². The molecule has 0 saturated heterocycles. The maximum atomic E-state index is 13.9. The minimum Gasteiger partial charge on any atom is -0.478 e. The van der Waals surface area contributed by atoms with Gasteiger partial charge in [-0.2, -0.15) is 0 Å². The molecular formula is C57H96N6O20. The molecule has 5 amide bonds. The average molecular weight is 1190 g/mol. The molecule has 0 aromatic rings. The number of carboxylic acids is 1. The number of ether oxygens (including phenoxy) is 6. The summed E-state index contributed by atoms with van der Waals surface area (Å²) in [6, 6.07) is -8.16. The molecule has 0 aliphatic heterocycles. The first kappa shape index (κ1) is 76.3. The van der Waals surface area contributed by atoms with E-state index in [-0.39, 0.29) is 55.8 Å². The highest BCUT2D eigenvalue weighted by molar-refractivity contribution is 5.95. The van der Waals surface area contributed by atoms with Crippen LogP contribution in [0.1, 0.15) is 164 Å². The fraction of sp³-hybridized carbons (Fsp3) is 0.772. The third-order valence-corrected chi connectivity index (χ3v) is 12.5. The number of carbonyl (C=O) groups is 13. The lowest BCUT2D eigenvalue weighted by atomic mass is 10.0. The van der Waals surface area contributed by atoms with Gasteiger partial charge in [0.1, 0.15) is 42.5 Å². The number of rotatable bonds is 37. The smallest absolute Gasteiger partial charge is 0.345 e. The van der Waals surface area contributed by atoms with E-state index in [0.717, 1.165) is 0 Å². The van der Waals surface area contributed by atoms with Crippen molar-refractivity contribution in [2.75, 3.05) is 0 Å². The standard InChI is InChI=1S/C57H96N6O20/c1-26(2)23-38(46(65)61-36(19)54(74)83-45(33(15)16)51(70)71)78-55(75)37(21-20-22-64)62-49(68)43(31(11)12)81-52(72)34(17)60-48(67)40(25-28(5)6)80-57(77)42(30(9)10)63-50(69)44(32(13)14)82-53(73)35(18)59-47(66)39(24-27(3)4)79-56(76)41(58)29(7)8/h22,26-45H,20-21,23-25,58H2,1-19H3,(H,59,66)(H,60,67)(H,61,65)(H,62,68)(H,63,69)(H,70,71)/t34-,35-,36-,37+,38-,39-,40-,41+,42+,43+,44+,45+/m1/s1. The summed E-state index contributed by atoms with van der Waals surface area (Å²) in [5.41, 5.74) is 5.93. The molecule has 26 heteroatoms. The van der Waals surface area contributed by atoms with E-state index >= 15 is 0 Å². The largest absolute Gasteiger partial charge is 0.478 e. The molecule has 0 fully saturated rings. The van der Waals surface area contributed by atoms with Crippen LogP contribution < -0.4 is 32.3 Å². The van der Waals surface area contributed by atoms with Crippen LogP contribution in [0.4, 0.5) is 0 Å². The third kappa shape index (κ3) is 27.5. The molecule has 0 aromatic heterocycles. The molecule has 0 aliphatic carbocycles. The van der Waals surface area contributed by atoms with Crippen molar-refractivity contribution in [3.63, 3.8) is 0 Å². The quantitative estimate of drug-likeness (QED) is 0.0267. The summed E-state index contributed by atoms with van der Waals surface area (Å²) in [5.74, 6) is -15.8. The van der Waals surface area contributed by atoms with Crippen molar-refractivity contribution in [3.8, 4) is 0 Å². The van der Waals surface area contributed by atoms with Gasteiger partial charge < -0.3 is 70.6 Å². The van der Waals surface area contributed by atoms with Crippen LogP contribution in [0.2, 0.25) is 0 Å². The third-order valence-electron chi connectivity index (χ3n) is 12.5. The number of nitrogens with one attached hydrogen (secondary N) is 5. The number of carboxylic acid groups (broad SMARTS) is 1. The number of esters is 6. The Hall–Kier alpha value is -6.73. The van der Waals surface area contributed by atoms with Crippen LogP contribution in [0, 0.1) is 47.3 Å². The van der Waals surface area contributed by atoms with E-state index in [4.69, 9.17) is 34.2 Å². The van der Waals surface area contributed by atoms with Gasteiger partial charge in [-0.15, -0.1) is 0 Å². The van der Waals surface area contributed by atoms with Crippen molar-refractivity contribution < 1.29 is 95.9 Å². The van der Waals surface area contributed by atoms with Crippen molar-refractivity contribution in [2.24, 2.45) is 53.1 Å². The highest BCUT2D eigenvalue weighted by Gasteiger charge is 2.40. The number of carbonyl (C=O) groups excluding carboxylic acids is 12. The summed E-state index contributed by atoms with van der Waals surface area (Å²) in [4.78, 5) is 171. The Balaban J connectivity index is 6.26. The Morgan fingerprint density at radius 3 is 1.01 bits per heavy atom. The lowest BCUT2D eigenvalue weighted by Crippen LogP contribution is -2.54. The van der Waals surface area contributed by atoms with Crippen LogP contribution >= 0.6 is 0 Å². The Labute approximate surface area is 488 Å². The van der Waals surface area contributed by atoms with Crippen molar-refractivity contribution >= 4 is 77.6 Å². The summed E-state index contributed by atoms with van der Waals surface area (Å²) in [7, 11) is 0. The molecule has 83 heavy (non-hydrogen) atoms. The first-order chi connectivity index (χ1) is 38.3. The van der Waals surface area contributed by atoms with Crippen LogP contribution in [0.3, 0.4) is 0 Å².